The average Bonchev–Trinajstić information content (AvgIpc) is 2.51. The summed E-state index contributed by atoms with van der Waals surface area (Å²) in [5.74, 6) is -1.02. The van der Waals surface area contributed by atoms with Crippen molar-refractivity contribution in [2.45, 2.75) is 129 Å². The fraction of sp³-hybridized carbons (Fsp3) is 0.870. The molecule has 238 valence electrons. The molecule has 0 aliphatic carbocycles. The summed E-state index contributed by atoms with van der Waals surface area (Å²) < 4.78 is 40.8. The summed E-state index contributed by atoms with van der Waals surface area (Å²) in [7, 11) is -22.2. The Balaban J connectivity index is 7.66. The van der Waals surface area contributed by atoms with E-state index >= 15 is 0 Å². The van der Waals surface area contributed by atoms with Crippen molar-refractivity contribution in [2.75, 3.05) is 0 Å². The van der Waals surface area contributed by atoms with Crippen LogP contribution in [0, 0.1) is 0 Å². The average molecular weight is 720 g/mol. The van der Waals surface area contributed by atoms with Crippen LogP contribution >= 0.6 is 0 Å². The Labute approximate surface area is 257 Å². The van der Waals surface area contributed by atoms with Crippen molar-refractivity contribution in [1.29, 1.82) is 0 Å². The van der Waals surface area contributed by atoms with E-state index in [1.807, 2.05) is 0 Å². The van der Waals surface area contributed by atoms with Gasteiger partial charge in [-0.2, -0.15) is 0 Å². The van der Waals surface area contributed by atoms with Crippen LogP contribution in [0.5, 0.6) is 0 Å². The van der Waals surface area contributed by atoms with Gasteiger partial charge < -0.3 is 29.8 Å². The van der Waals surface area contributed by atoms with Gasteiger partial charge >= 0.3 is 15.0 Å². The summed E-state index contributed by atoms with van der Waals surface area (Å²) in [6.45, 7) is 44.8. The molecule has 0 saturated heterocycles. The largest absolute Gasteiger partial charge is 0.636 e. The first-order valence-electron chi connectivity index (χ1n) is 14.2. The van der Waals surface area contributed by atoms with Crippen LogP contribution in [-0.2, 0) is 29.5 Å². The Bertz CT molecular complexity index is 824. The third-order valence-corrected chi connectivity index (χ3v) is 42.2. The molecular formula is C23H62O8Si9. The second kappa shape index (κ2) is 13.1. The molecule has 0 aromatic rings. The van der Waals surface area contributed by atoms with E-state index < -0.39 is 87.3 Å². The van der Waals surface area contributed by atoms with Crippen molar-refractivity contribution in [3.63, 3.8) is 0 Å². The summed E-state index contributed by atoms with van der Waals surface area (Å²) in [5, 5.41) is 10.6. The number of hydrogen-bond acceptors (Lipinski definition) is 7. The first kappa shape index (κ1) is 40.9. The molecule has 0 aliphatic rings. The Morgan fingerprint density at radius 3 is 1.00 bits per heavy atom. The van der Waals surface area contributed by atoms with Crippen LogP contribution in [0.4, 0.5) is 0 Å². The zero-order valence-electron chi connectivity index (χ0n) is 29.2. The fourth-order valence-electron chi connectivity index (χ4n) is 5.25. The van der Waals surface area contributed by atoms with Crippen LogP contribution < -0.4 is 0 Å². The maximum absolute atomic E-state index is 12.9. The molecule has 0 unspecified atom stereocenters. The Kier molecular flexibility index (Phi) is 13.4. The van der Waals surface area contributed by atoms with E-state index in [1.54, 1.807) is 0 Å². The van der Waals surface area contributed by atoms with Gasteiger partial charge in [0.2, 0.25) is 0 Å². The normalized spacial score (nSPS) is 15.7. The van der Waals surface area contributed by atoms with Gasteiger partial charge in [-0.05, 0) is 124 Å². The molecular weight excluding hydrogens is 657 g/mol. The van der Waals surface area contributed by atoms with Gasteiger partial charge in [-0.1, -0.05) is 6.58 Å². The van der Waals surface area contributed by atoms with Crippen LogP contribution in [0.2, 0.25) is 129 Å². The lowest BCUT2D eigenvalue weighted by molar-refractivity contribution is -0.132. The van der Waals surface area contributed by atoms with Crippen LogP contribution in [0.15, 0.2) is 12.2 Å². The summed E-state index contributed by atoms with van der Waals surface area (Å²) in [5.41, 5.74) is 0.154. The number of carboxylic acids is 1. The molecule has 0 atom stereocenters. The van der Waals surface area contributed by atoms with E-state index in [1.165, 1.54) is 0 Å². The predicted octanol–water partition coefficient (Wildman–Crippen LogP) is 7.07. The van der Waals surface area contributed by atoms with Crippen LogP contribution in [-0.4, -0.2) is 88.1 Å². The van der Waals surface area contributed by atoms with Crippen molar-refractivity contribution in [2.24, 2.45) is 0 Å². The molecule has 0 heterocycles. The maximum atomic E-state index is 12.9. The van der Waals surface area contributed by atoms with E-state index in [0.29, 0.717) is 0 Å². The molecule has 0 bridgehead atoms. The number of hydrogen-bond donors (Lipinski definition) is 1. The minimum Gasteiger partial charge on any atom is -0.478 e. The molecule has 0 radical (unpaired) electrons. The molecule has 0 aromatic heterocycles. The summed E-state index contributed by atoms with van der Waals surface area (Å²) in [6, 6.07) is 0. The number of rotatable bonds is 17. The standard InChI is InChI=1S/C23H62O8Si9/c1-21(22(24)25)23(38(17,18)27-33(2,3)4,39(19,20)28-34(5,6)7)32-26-40(29-35(8,9)10,30-36(11,12)13)31-37(14,15)16/h1,32H2,2-20H3,(H,24,25). The number of aliphatic carboxylic acids is 1. The van der Waals surface area contributed by atoms with Gasteiger partial charge in [0, 0.05) is 5.57 Å². The molecule has 1 N–H and O–H groups in total. The molecule has 0 aromatic carbocycles. The summed E-state index contributed by atoms with van der Waals surface area (Å²) >= 11 is 0. The van der Waals surface area contributed by atoms with Crippen LogP contribution in [0.25, 0.3) is 0 Å². The van der Waals surface area contributed by atoms with Crippen LogP contribution in [0.3, 0.4) is 0 Å². The lowest BCUT2D eigenvalue weighted by Gasteiger charge is -2.56. The lowest BCUT2D eigenvalue weighted by atomic mass is 10.3. The first-order chi connectivity index (χ1) is 17.1. The third-order valence-electron chi connectivity index (χ3n) is 5.71. The first-order valence-corrected chi connectivity index (χ1v) is 39.9. The van der Waals surface area contributed by atoms with Gasteiger partial charge in [-0.25, -0.2) is 4.79 Å². The van der Waals surface area contributed by atoms with Gasteiger partial charge in [0.05, 0.1) is 4.28 Å². The summed E-state index contributed by atoms with van der Waals surface area (Å²) in [4.78, 5) is 12.9. The Hall–Kier alpha value is 0.922. The topological polar surface area (TPSA) is 92.7 Å². The molecule has 0 spiro atoms. The molecule has 0 amide bonds. The van der Waals surface area contributed by atoms with Crippen molar-refractivity contribution >= 4 is 83.0 Å². The molecule has 40 heavy (non-hydrogen) atoms. The number of carbonyl (C=O) groups is 1. The minimum atomic E-state index is -3.70. The second-order valence-corrected chi connectivity index (χ2v) is 54.9. The lowest BCUT2D eigenvalue weighted by Crippen LogP contribution is -2.71. The van der Waals surface area contributed by atoms with Gasteiger partial charge in [-0.3, -0.25) is 0 Å². The van der Waals surface area contributed by atoms with Gasteiger partial charge in [0.15, 0.2) is 68.0 Å². The Morgan fingerprint density at radius 2 is 0.800 bits per heavy atom. The van der Waals surface area contributed by atoms with E-state index in [4.69, 9.17) is 24.7 Å². The Morgan fingerprint density at radius 1 is 0.550 bits per heavy atom. The van der Waals surface area contributed by atoms with Gasteiger partial charge in [0.25, 0.3) is 0 Å². The van der Waals surface area contributed by atoms with Gasteiger partial charge in [-0.15, -0.1) is 0 Å². The second-order valence-electron chi connectivity index (χ2n) is 16.6. The van der Waals surface area contributed by atoms with Gasteiger partial charge in [0.1, 0.15) is 0 Å². The highest BCUT2D eigenvalue weighted by Gasteiger charge is 2.67. The van der Waals surface area contributed by atoms with E-state index in [0.717, 1.165) is 0 Å². The van der Waals surface area contributed by atoms with Crippen molar-refractivity contribution in [1.82, 2.24) is 0 Å². The molecule has 0 saturated carbocycles. The van der Waals surface area contributed by atoms with Crippen LogP contribution in [0.1, 0.15) is 0 Å². The van der Waals surface area contributed by atoms with Crippen molar-refractivity contribution in [3.05, 3.63) is 12.2 Å². The highest BCUT2D eigenvalue weighted by molar-refractivity contribution is 7.09. The summed E-state index contributed by atoms with van der Waals surface area (Å²) in [6.07, 6.45) is 0. The third kappa shape index (κ3) is 12.9. The quantitative estimate of drug-likeness (QED) is 0.126. The monoisotopic (exact) mass is 718 g/mol. The molecule has 0 rings (SSSR count). The highest BCUT2D eigenvalue weighted by atomic mass is 28.5. The molecule has 8 nitrogen and oxygen atoms in total. The van der Waals surface area contributed by atoms with E-state index in [2.05, 4.69) is 131 Å². The zero-order chi connectivity index (χ0) is 32.6. The minimum absolute atomic E-state index is 0.154. The molecule has 17 heteroatoms. The highest BCUT2D eigenvalue weighted by Crippen LogP contribution is 2.54. The SMILES string of the molecule is C=C(C(=O)O)C([SiH2]O[Si](O[Si](C)(C)C)(O[Si](C)(C)C)O[Si](C)(C)C)([Si](C)(C)O[Si](C)(C)C)[Si](C)(C)O[Si](C)(C)C. The molecule has 0 aliphatic heterocycles. The van der Waals surface area contributed by atoms with E-state index in [9.17, 15) is 9.90 Å². The fourth-order valence-corrected chi connectivity index (χ4v) is 47.5. The number of carboxylic acid groups (broad SMARTS) is 1. The zero-order valence-corrected chi connectivity index (χ0v) is 38.6. The van der Waals surface area contributed by atoms with E-state index in [-0.39, 0.29) is 5.57 Å². The maximum Gasteiger partial charge on any atom is 0.636 e. The smallest absolute Gasteiger partial charge is 0.478 e. The molecule has 0 fully saturated rings. The van der Waals surface area contributed by atoms with Crippen molar-refractivity contribution < 1.29 is 34.6 Å². The van der Waals surface area contributed by atoms with Crippen molar-refractivity contribution in [3.8, 4) is 0 Å². The predicted molar refractivity (Wildman–Crippen MR) is 192 cm³/mol.